The fourth-order valence-electron chi connectivity index (χ4n) is 1.89. The molecule has 0 saturated heterocycles. The second kappa shape index (κ2) is 6.16. The minimum Gasteiger partial charge on any atom is -0.466 e. The molecule has 98 valence electrons. The van der Waals surface area contributed by atoms with Gasteiger partial charge in [-0.2, -0.15) is 0 Å². The second-order valence-corrected chi connectivity index (χ2v) is 4.69. The molecular formula is C15H13IO3. The van der Waals surface area contributed by atoms with E-state index in [9.17, 15) is 9.90 Å². The quantitative estimate of drug-likeness (QED) is 0.514. The lowest BCUT2D eigenvalue weighted by Gasteiger charge is -2.13. The van der Waals surface area contributed by atoms with Crippen LogP contribution >= 0.6 is 22.6 Å². The Kier molecular flexibility index (Phi) is 4.55. The largest absolute Gasteiger partial charge is 0.466 e. The molecule has 0 fully saturated rings. The number of hydrogen-bond acceptors (Lipinski definition) is 3. The van der Waals surface area contributed by atoms with E-state index >= 15 is 0 Å². The average molecular weight is 368 g/mol. The van der Waals surface area contributed by atoms with Gasteiger partial charge in [0, 0.05) is 0 Å². The molecular weight excluding hydrogens is 355 g/mol. The summed E-state index contributed by atoms with van der Waals surface area (Å²) in [6.45, 7) is 0. The number of aliphatic hydroxyl groups excluding tert-OH is 1. The van der Waals surface area contributed by atoms with Crippen LogP contribution in [-0.4, -0.2) is 18.2 Å². The number of aliphatic hydroxyl groups is 1. The van der Waals surface area contributed by atoms with Crippen LogP contribution in [-0.2, 0) is 9.53 Å². The molecule has 0 bridgehead atoms. The van der Waals surface area contributed by atoms with Crippen molar-refractivity contribution < 1.29 is 14.6 Å². The highest BCUT2D eigenvalue weighted by molar-refractivity contribution is 14.1. The standard InChI is InChI=1S/C15H13IO3/c1-19-15(18)13(9-16)14(17)12-7-6-10-4-2-3-5-11(10)8-12/h2-9,14,17H,1H3/b13-9-. The maximum absolute atomic E-state index is 11.6. The Hall–Kier alpha value is -1.40. The SMILES string of the molecule is COC(=O)/C(=C\I)C(O)c1ccc2ccccc2c1. The Bertz CT molecular complexity index is 634. The summed E-state index contributed by atoms with van der Waals surface area (Å²) in [6.07, 6.45) is -0.978. The summed E-state index contributed by atoms with van der Waals surface area (Å²) < 4.78 is 6.21. The van der Waals surface area contributed by atoms with Gasteiger partial charge in [0.2, 0.25) is 0 Å². The highest BCUT2D eigenvalue weighted by Crippen LogP contribution is 2.26. The maximum atomic E-state index is 11.6. The zero-order valence-electron chi connectivity index (χ0n) is 10.3. The van der Waals surface area contributed by atoms with Crippen molar-refractivity contribution in [3.8, 4) is 0 Å². The van der Waals surface area contributed by atoms with Gasteiger partial charge in [0.1, 0.15) is 6.10 Å². The number of benzene rings is 2. The second-order valence-electron chi connectivity index (χ2n) is 4.07. The van der Waals surface area contributed by atoms with Crippen molar-refractivity contribution in [2.24, 2.45) is 0 Å². The van der Waals surface area contributed by atoms with E-state index in [0.29, 0.717) is 5.56 Å². The van der Waals surface area contributed by atoms with Gasteiger partial charge < -0.3 is 9.84 Å². The fraction of sp³-hybridized carbons (Fsp3) is 0.133. The number of hydrogen-bond donors (Lipinski definition) is 1. The molecule has 19 heavy (non-hydrogen) atoms. The van der Waals surface area contributed by atoms with Crippen molar-refractivity contribution >= 4 is 39.3 Å². The number of halogens is 1. The normalized spacial score (nSPS) is 13.3. The summed E-state index contributed by atoms with van der Waals surface area (Å²) in [5.41, 5.74) is 0.908. The van der Waals surface area contributed by atoms with E-state index in [0.717, 1.165) is 10.8 Å². The average Bonchev–Trinajstić information content (AvgIpc) is 2.47. The number of carbonyl (C=O) groups excluding carboxylic acids is 1. The zero-order chi connectivity index (χ0) is 13.8. The molecule has 4 heteroatoms. The van der Waals surface area contributed by atoms with E-state index in [1.165, 1.54) is 7.11 Å². The van der Waals surface area contributed by atoms with Gasteiger partial charge in [-0.1, -0.05) is 59.0 Å². The van der Waals surface area contributed by atoms with Gasteiger partial charge in [-0.05, 0) is 26.5 Å². The van der Waals surface area contributed by atoms with Crippen molar-refractivity contribution in [1.82, 2.24) is 0 Å². The minimum absolute atomic E-state index is 0.235. The first-order chi connectivity index (χ1) is 9.17. The van der Waals surface area contributed by atoms with Crippen LogP contribution in [0.25, 0.3) is 10.8 Å². The lowest BCUT2D eigenvalue weighted by atomic mass is 9.99. The summed E-state index contributed by atoms with van der Waals surface area (Å²) >= 11 is 1.93. The molecule has 0 aliphatic rings. The van der Waals surface area contributed by atoms with E-state index in [4.69, 9.17) is 0 Å². The lowest BCUT2D eigenvalue weighted by Crippen LogP contribution is -2.12. The number of rotatable bonds is 3. The maximum Gasteiger partial charge on any atom is 0.337 e. The topological polar surface area (TPSA) is 46.5 Å². The lowest BCUT2D eigenvalue weighted by molar-refractivity contribution is -0.137. The Morgan fingerprint density at radius 3 is 2.58 bits per heavy atom. The zero-order valence-corrected chi connectivity index (χ0v) is 12.5. The number of ether oxygens (including phenoxy) is 1. The summed E-state index contributed by atoms with van der Waals surface area (Å²) in [7, 11) is 1.30. The van der Waals surface area contributed by atoms with Gasteiger partial charge in [-0.15, -0.1) is 0 Å². The van der Waals surface area contributed by atoms with Crippen LogP contribution in [0.4, 0.5) is 0 Å². The summed E-state index contributed by atoms with van der Waals surface area (Å²) in [5, 5.41) is 12.4. The van der Waals surface area contributed by atoms with Crippen molar-refractivity contribution in [1.29, 1.82) is 0 Å². The summed E-state index contributed by atoms with van der Waals surface area (Å²) in [4.78, 5) is 11.6. The van der Waals surface area contributed by atoms with Crippen LogP contribution in [0.5, 0.6) is 0 Å². The van der Waals surface area contributed by atoms with E-state index in [2.05, 4.69) is 4.74 Å². The molecule has 1 N–H and O–H groups in total. The number of methoxy groups -OCH3 is 1. The molecule has 0 spiro atoms. The molecule has 1 atom stereocenters. The molecule has 0 aromatic heterocycles. The molecule has 2 aromatic rings. The summed E-state index contributed by atoms with van der Waals surface area (Å²) in [5.74, 6) is -0.518. The van der Waals surface area contributed by atoms with Crippen molar-refractivity contribution in [2.45, 2.75) is 6.10 Å². The third-order valence-corrected chi connectivity index (χ3v) is 3.59. The van der Waals surface area contributed by atoms with Crippen LogP contribution in [0.1, 0.15) is 11.7 Å². The third-order valence-electron chi connectivity index (χ3n) is 2.92. The van der Waals surface area contributed by atoms with Gasteiger partial charge in [0.05, 0.1) is 12.7 Å². The van der Waals surface area contributed by atoms with Crippen LogP contribution in [0.2, 0.25) is 0 Å². The Balaban J connectivity index is 2.40. The highest BCUT2D eigenvalue weighted by atomic mass is 127. The molecule has 2 aromatic carbocycles. The van der Waals surface area contributed by atoms with Crippen LogP contribution in [0.3, 0.4) is 0 Å². The number of carbonyl (C=O) groups is 1. The third kappa shape index (κ3) is 2.96. The molecule has 0 radical (unpaired) electrons. The molecule has 1 unspecified atom stereocenters. The van der Waals surface area contributed by atoms with E-state index in [1.54, 1.807) is 4.08 Å². The van der Waals surface area contributed by atoms with Crippen LogP contribution < -0.4 is 0 Å². The van der Waals surface area contributed by atoms with Gasteiger partial charge in [-0.3, -0.25) is 0 Å². The number of fused-ring (bicyclic) bond motifs is 1. The van der Waals surface area contributed by atoms with E-state index < -0.39 is 12.1 Å². The highest BCUT2D eigenvalue weighted by Gasteiger charge is 2.20. The van der Waals surface area contributed by atoms with Crippen molar-refractivity contribution in [3.63, 3.8) is 0 Å². The first-order valence-electron chi connectivity index (χ1n) is 5.72. The fourth-order valence-corrected chi connectivity index (χ4v) is 2.49. The van der Waals surface area contributed by atoms with Gasteiger partial charge >= 0.3 is 5.97 Å². The predicted octanol–water partition coefficient (Wildman–Crippen LogP) is 3.37. The first kappa shape index (κ1) is 14.0. The molecule has 2 rings (SSSR count). The Morgan fingerprint density at radius 2 is 1.95 bits per heavy atom. The van der Waals surface area contributed by atoms with Gasteiger partial charge in [-0.25, -0.2) is 4.79 Å². The smallest absolute Gasteiger partial charge is 0.337 e. The number of esters is 1. The van der Waals surface area contributed by atoms with E-state index in [1.807, 2.05) is 65.1 Å². The summed E-state index contributed by atoms with van der Waals surface area (Å²) in [6, 6.07) is 13.5. The Morgan fingerprint density at radius 1 is 1.26 bits per heavy atom. The molecule has 0 aliphatic carbocycles. The van der Waals surface area contributed by atoms with Crippen LogP contribution in [0.15, 0.2) is 52.1 Å². The monoisotopic (exact) mass is 368 g/mol. The minimum atomic E-state index is -0.978. The Labute approximate surface area is 125 Å². The van der Waals surface area contributed by atoms with Gasteiger partial charge in [0.25, 0.3) is 0 Å². The molecule has 0 amide bonds. The predicted molar refractivity (Wildman–Crippen MR) is 83.0 cm³/mol. The van der Waals surface area contributed by atoms with Crippen LogP contribution in [0, 0.1) is 0 Å². The molecule has 0 saturated carbocycles. The van der Waals surface area contributed by atoms with Crippen molar-refractivity contribution in [3.05, 3.63) is 57.7 Å². The molecule has 0 heterocycles. The molecule has 0 aliphatic heterocycles. The van der Waals surface area contributed by atoms with Gasteiger partial charge in [0.15, 0.2) is 0 Å². The van der Waals surface area contributed by atoms with E-state index in [-0.39, 0.29) is 5.57 Å². The van der Waals surface area contributed by atoms with Crippen molar-refractivity contribution in [2.75, 3.05) is 7.11 Å². The first-order valence-corrected chi connectivity index (χ1v) is 6.97. The molecule has 3 nitrogen and oxygen atoms in total.